The van der Waals surface area contributed by atoms with Crippen molar-refractivity contribution >= 4 is 21.9 Å². The first kappa shape index (κ1) is 22.5. The average molecular weight is 441 g/mol. The third kappa shape index (κ3) is 4.29. The molecule has 0 bridgehead atoms. The molecule has 10 heteroatoms. The number of piperidine rings is 1. The number of aromatic hydroxyl groups is 1. The lowest BCUT2D eigenvalue weighted by molar-refractivity contribution is -0.131. The largest absolute Gasteiger partial charge is 0.508 e. The quantitative estimate of drug-likeness (QED) is 0.627. The molecule has 0 aliphatic carbocycles. The molecule has 1 aromatic carbocycles. The van der Waals surface area contributed by atoms with Crippen molar-refractivity contribution in [2.75, 3.05) is 19.6 Å². The van der Waals surface area contributed by atoms with Gasteiger partial charge in [0.25, 0.3) is 5.91 Å². The molecule has 0 saturated carbocycles. The molecule has 1 amide bonds. The van der Waals surface area contributed by atoms with Crippen molar-refractivity contribution in [3.8, 4) is 5.75 Å². The molecule has 2 fully saturated rings. The molecule has 3 rings (SSSR count). The summed E-state index contributed by atoms with van der Waals surface area (Å²) in [5, 5.41) is 20.5. The average Bonchev–Trinajstić information content (AvgIpc) is 2.84. The third-order valence-corrected chi connectivity index (χ3v) is 7.68. The van der Waals surface area contributed by atoms with E-state index >= 15 is 0 Å². The molecule has 2 aliphatic heterocycles. The second-order valence-electron chi connectivity index (χ2n) is 8.78. The first-order chi connectivity index (χ1) is 13.9. The van der Waals surface area contributed by atoms with Gasteiger partial charge in [-0.15, -0.1) is 0 Å². The van der Waals surface area contributed by atoms with Crippen LogP contribution in [0.3, 0.4) is 0 Å². The van der Waals surface area contributed by atoms with Crippen molar-refractivity contribution in [1.82, 2.24) is 14.5 Å². The van der Waals surface area contributed by atoms with Gasteiger partial charge in [0.05, 0.1) is 0 Å². The minimum absolute atomic E-state index is 0.0496. The Hall–Kier alpha value is -2.20. The molecule has 0 spiro atoms. The number of rotatable bonds is 6. The summed E-state index contributed by atoms with van der Waals surface area (Å²) in [5.74, 6) is -1.00. The molecule has 1 unspecified atom stereocenters. The van der Waals surface area contributed by atoms with Crippen LogP contribution in [-0.4, -0.2) is 59.8 Å². The van der Waals surface area contributed by atoms with Crippen molar-refractivity contribution in [2.24, 2.45) is 11.8 Å². The van der Waals surface area contributed by atoms with Crippen LogP contribution < -0.4 is 5.32 Å². The fourth-order valence-electron chi connectivity index (χ4n) is 4.34. The molecule has 2 aliphatic rings. The summed E-state index contributed by atoms with van der Waals surface area (Å²) in [7, 11) is -4.00. The number of guanidine groups is 1. The normalized spacial score (nSPS) is 24.0. The smallest absolute Gasteiger partial charge is 0.254 e. The Labute approximate surface area is 176 Å². The zero-order chi connectivity index (χ0) is 22.3. The summed E-state index contributed by atoms with van der Waals surface area (Å²) < 4.78 is 40.8. The highest BCUT2D eigenvalue weighted by Crippen LogP contribution is 2.30. The maximum absolute atomic E-state index is 14.1. The maximum Gasteiger partial charge on any atom is 0.254 e. The highest BCUT2D eigenvalue weighted by molar-refractivity contribution is 7.89. The van der Waals surface area contributed by atoms with E-state index in [-0.39, 0.29) is 36.6 Å². The maximum atomic E-state index is 14.1. The molecule has 2 heterocycles. The first-order valence-corrected chi connectivity index (χ1v) is 11.6. The minimum Gasteiger partial charge on any atom is -0.508 e. The second kappa shape index (κ2) is 8.14. The lowest BCUT2D eigenvalue weighted by atomic mass is 9.90. The van der Waals surface area contributed by atoms with Gasteiger partial charge in [0, 0.05) is 25.7 Å². The van der Waals surface area contributed by atoms with Gasteiger partial charge in [-0.25, -0.2) is 12.8 Å². The van der Waals surface area contributed by atoms with E-state index in [9.17, 15) is 22.7 Å². The Balaban J connectivity index is 1.63. The molecule has 3 N–H and O–H groups in total. The predicted molar refractivity (Wildman–Crippen MR) is 110 cm³/mol. The summed E-state index contributed by atoms with van der Waals surface area (Å²) in [6, 6.07) is 3.00. The number of sulfonamides is 1. The summed E-state index contributed by atoms with van der Waals surface area (Å²) in [6.45, 7) is 6.64. The van der Waals surface area contributed by atoms with Crippen LogP contribution in [0, 0.1) is 23.1 Å². The van der Waals surface area contributed by atoms with Crippen LogP contribution in [0.25, 0.3) is 0 Å². The molecule has 8 nitrogen and oxygen atoms in total. The lowest BCUT2D eigenvalue weighted by Gasteiger charge is -2.33. The highest BCUT2D eigenvalue weighted by atomic mass is 32.2. The zero-order valence-electron chi connectivity index (χ0n) is 17.5. The Bertz CT molecular complexity index is 944. The van der Waals surface area contributed by atoms with Gasteiger partial charge in [-0.05, 0) is 50.2 Å². The van der Waals surface area contributed by atoms with Crippen LogP contribution in [0.15, 0.2) is 23.1 Å². The summed E-state index contributed by atoms with van der Waals surface area (Å²) in [6.07, 6.45) is 1.65. The minimum atomic E-state index is -4.00. The number of nitrogens with zero attached hydrogens (tertiary/aromatic N) is 2. The van der Waals surface area contributed by atoms with Crippen molar-refractivity contribution in [3.05, 3.63) is 24.0 Å². The number of phenolic OH excluding ortho intramolecular Hbond substituents is 1. The van der Waals surface area contributed by atoms with E-state index in [2.05, 4.69) is 5.32 Å². The van der Waals surface area contributed by atoms with E-state index in [4.69, 9.17) is 5.41 Å². The van der Waals surface area contributed by atoms with Crippen LogP contribution in [-0.2, 0) is 14.8 Å². The number of hydrogen-bond acceptors (Lipinski definition) is 5. The van der Waals surface area contributed by atoms with Crippen molar-refractivity contribution in [2.45, 2.75) is 50.5 Å². The number of hydrogen-bond donors (Lipinski definition) is 3. The van der Waals surface area contributed by atoms with E-state index in [1.165, 1.54) is 9.21 Å². The Morgan fingerprint density at radius 1 is 1.33 bits per heavy atom. The van der Waals surface area contributed by atoms with Gasteiger partial charge in [-0.1, -0.05) is 13.8 Å². The number of carbonyl (C=O) groups is 1. The standard InChI is InChI=1S/C20H29FN4O4S/c1-13(2)11-20(3)18(27)25(19(22)23-20)12-14-6-8-24(9-7-14)30(28,29)17-5-4-15(26)10-16(17)21/h4-5,10,13-14,26H,6-9,11-12H2,1-3H3,(H2,22,23). The van der Waals surface area contributed by atoms with Crippen molar-refractivity contribution < 1.29 is 22.7 Å². The van der Waals surface area contributed by atoms with E-state index < -0.39 is 26.3 Å². The van der Waals surface area contributed by atoms with Crippen LogP contribution in [0.2, 0.25) is 0 Å². The predicted octanol–water partition coefficient (Wildman–Crippen LogP) is 2.10. The van der Waals surface area contributed by atoms with Gasteiger partial charge in [-0.2, -0.15) is 4.31 Å². The number of carbonyl (C=O) groups excluding carboxylic acids is 1. The van der Waals surface area contributed by atoms with Crippen LogP contribution in [0.1, 0.15) is 40.0 Å². The Morgan fingerprint density at radius 3 is 2.53 bits per heavy atom. The molecule has 30 heavy (non-hydrogen) atoms. The van der Waals surface area contributed by atoms with Gasteiger partial charge in [0.1, 0.15) is 22.0 Å². The molecule has 2 saturated heterocycles. The van der Waals surface area contributed by atoms with Crippen LogP contribution in [0.5, 0.6) is 5.75 Å². The highest BCUT2D eigenvalue weighted by Gasteiger charge is 2.46. The van der Waals surface area contributed by atoms with Gasteiger partial charge in [0.15, 0.2) is 5.96 Å². The second-order valence-corrected chi connectivity index (χ2v) is 10.7. The van der Waals surface area contributed by atoms with Crippen molar-refractivity contribution in [3.63, 3.8) is 0 Å². The van der Waals surface area contributed by atoms with Gasteiger partial charge in [-0.3, -0.25) is 15.1 Å². The number of nitrogens with one attached hydrogen (secondary N) is 2. The number of halogens is 1. The van der Waals surface area contributed by atoms with Gasteiger partial charge in [0.2, 0.25) is 10.0 Å². The number of benzene rings is 1. The fourth-order valence-corrected chi connectivity index (χ4v) is 5.85. The summed E-state index contributed by atoms with van der Waals surface area (Å²) in [5.41, 5.74) is -0.786. The SMILES string of the molecule is CC(C)CC1(C)NC(=N)N(CC2CCN(S(=O)(=O)c3ccc(O)cc3F)CC2)C1=O. The summed E-state index contributed by atoms with van der Waals surface area (Å²) >= 11 is 0. The molecule has 166 valence electrons. The Morgan fingerprint density at radius 2 is 1.97 bits per heavy atom. The number of phenols is 1. The molecular formula is C20H29FN4O4S. The third-order valence-electron chi connectivity index (χ3n) is 5.75. The van der Waals surface area contributed by atoms with Gasteiger partial charge < -0.3 is 10.4 Å². The Kier molecular flexibility index (Phi) is 6.10. The van der Waals surface area contributed by atoms with Crippen LogP contribution >= 0.6 is 0 Å². The monoisotopic (exact) mass is 440 g/mol. The zero-order valence-corrected chi connectivity index (χ0v) is 18.3. The van der Waals surface area contributed by atoms with E-state index in [1.807, 2.05) is 20.8 Å². The number of amides is 1. The fraction of sp³-hybridized carbons (Fsp3) is 0.600. The molecular weight excluding hydrogens is 411 g/mol. The molecule has 0 aromatic heterocycles. The van der Waals surface area contributed by atoms with E-state index in [0.717, 1.165) is 18.2 Å². The topological polar surface area (TPSA) is 114 Å². The first-order valence-electron chi connectivity index (χ1n) is 10.1. The molecule has 0 radical (unpaired) electrons. The van der Waals surface area contributed by atoms with E-state index in [1.54, 1.807) is 0 Å². The summed E-state index contributed by atoms with van der Waals surface area (Å²) in [4.78, 5) is 13.9. The molecule has 1 aromatic rings. The molecule has 1 atom stereocenters. The lowest BCUT2D eigenvalue weighted by Crippen LogP contribution is -2.46. The van der Waals surface area contributed by atoms with E-state index in [0.29, 0.717) is 31.7 Å². The van der Waals surface area contributed by atoms with Gasteiger partial charge >= 0.3 is 0 Å². The van der Waals surface area contributed by atoms with Crippen molar-refractivity contribution in [1.29, 1.82) is 5.41 Å². The van der Waals surface area contributed by atoms with Crippen LogP contribution in [0.4, 0.5) is 4.39 Å².